The van der Waals surface area contributed by atoms with Crippen molar-refractivity contribution in [1.82, 2.24) is 4.98 Å². The van der Waals surface area contributed by atoms with Crippen molar-refractivity contribution in [3.63, 3.8) is 0 Å². The molecule has 0 radical (unpaired) electrons. The van der Waals surface area contributed by atoms with Gasteiger partial charge in [0.05, 0.1) is 7.11 Å². The van der Waals surface area contributed by atoms with Gasteiger partial charge in [-0.15, -0.1) is 0 Å². The van der Waals surface area contributed by atoms with Crippen LogP contribution < -0.4 is 10.2 Å². The molecule has 1 saturated carbocycles. The molecule has 0 spiro atoms. The van der Waals surface area contributed by atoms with E-state index >= 15 is 0 Å². The molecule has 0 saturated heterocycles. The monoisotopic (exact) mass is 257 g/mol. The van der Waals surface area contributed by atoms with E-state index in [0.717, 1.165) is 11.3 Å². The van der Waals surface area contributed by atoms with E-state index in [4.69, 9.17) is 4.74 Å². The fourth-order valence-corrected chi connectivity index (χ4v) is 3.13. The Morgan fingerprint density at radius 3 is 2.74 bits per heavy atom. The van der Waals surface area contributed by atoms with Crippen molar-refractivity contribution in [2.45, 2.75) is 38.0 Å². The van der Waals surface area contributed by atoms with Crippen LogP contribution in [0.4, 0.5) is 0 Å². The van der Waals surface area contributed by atoms with Crippen molar-refractivity contribution in [1.29, 1.82) is 0 Å². The highest BCUT2D eigenvalue weighted by Crippen LogP contribution is 2.38. The Morgan fingerprint density at radius 2 is 2.00 bits per heavy atom. The van der Waals surface area contributed by atoms with Crippen molar-refractivity contribution in [2.75, 3.05) is 7.11 Å². The Morgan fingerprint density at radius 1 is 1.21 bits per heavy atom. The van der Waals surface area contributed by atoms with Crippen molar-refractivity contribution < 1.29 is 4.74 Å². The summed E-state index contributed by atoms with van der Waals surface area (Å²) in [4.78, 5) is 15.0. The van der Waals surface area contributed by atoms with Crippen molar-refractivity contribution in [3.8, 4) is 5.75 Å². The first-order chi connectivity index (χ1) is 9.29. The molecule has 0 aliphatic heterocycles. The molecular weight excluding hydrogens is 238 g/mol. The third-order valence-corrected chi connectivity index (χ3v) is 4.15. The van der Waals surface area contributed by atoms with Gasteiger partial charge in [-0.25, -0.2) is 0 Å². The van der Waals surface area contributed by atoms with Crippen LogP contribution in [0.25, 0.3) is 10.9 Å². The second-order valence-electron chi connectivity index (χ2n) is 5.32. The van der Waals surface area contributed by atoms with Gasteiger partial charge in [0, 0.05) is 23.2 Å². The van der Waals surface area contributed by atoms with Crippen LogP contribution in [0.2, 0.25) is 0 Å². The van der Waals surface area contributed by atoms with E-state index in [-0.39, 0.29) is 5.43 Å². The standard InChI is InChI=1S/C16H19NO2/c1-19-16-10-13-14(17-8-7-15(13)18)9-12(16)11-5-3-2-4-6-11/h7-11H,2-6H2,1H3,(H,17,18). The lowest BCUT2D eigenvalue weighted by atomic mass is 9.83. The highest BCUT2D eigenvalue weighted by molar-refractivity contribution is 5.81. The Kier molecular flexibility index (Phi) is 3.28. The topological polar surface area (TPSA) is 42.1 Å². The molecule has 19 heavy (non-hydrogen) atoms. The minimum atomic E-state index is 0.0437. The summed E-state index contributed by atoms with van der Waals surface area (Å²) in [6.07, 6.45) is 8.07. The largest absolute Gasteiger partial charge is 0.496 e. The van der Waals surface area contributed by atoms with Crippen LogP contribution in [0.15, 0.2) is 29.2 Å². The zero-order valence-electron chi connectivity index (χ0n) is 11.2. The first-order valence-electron chi connectivity index (χ1n) is 6.99. The van der Waals surface area contributed by atoms with E-state index in [1.807, 2.05) is 6.07 Å². The molecule has 1 aromatic carbocycles. The summed E-state index contributed by atoms with van der Waals surface area (Å²) >= 11 is 0. The Labute approximate surface area is 112 Å². The SMILES string of the molecule is COc1cc2c(=O)cc[nH]c2cc1C1CCCCC1. The van der Waals surface area contributed by atoms with Gasteiger partial charge in [0.2, 0.25) is 0 Å². The lowest BCUT2D eigenvalue weighted by molar-refractivity contribution is 0.388. The van der Waals surface area contributed by atoms with Crippen molar-refractivity contribution >= 4 is 10.9 Å². The number of benzene rings is 1. The molecule has 100 valence electrons. The Hall–Kier alpha value is -1.77. The number of nitrogens with one attached hydrogen (secondary N) is 1. The molecular formula is C16H19NO2. The van der Waals surface area contributed by atoms with Gasteiger partial charge >= 0.3 is 0 Å². The zero-order valence-corrected chi connectivity index (χ0v) is 11.2. The fraction of sp³-hybridized carbons (Fsp3) is 0.438. The molecule has 3 heteroatoms. The summed E-state index contributed by atoms with van der Waals surface area (Å²) in [6, 6.07) is 5.55. The number of aromatic nitrogens is 1. The third-order valence-electron chi connectivity index (χ3n) is 4.15. The molecule has 0 unspecified atom stereocenters. The first kappa shape index (κ1) is 12.3. The molecule has 0 amide bonds. The van der Waals surface area contributed by atoms with Crippen LogP contribution in [-0.2, 0) is 0 Å². The second-order valence-corrected chi connectivity index (χ2v) is 5.32. The second kappa shape index (κ2) is 5.08. The third kappa shape index (κ3) is 2.25. The summed E-state index contributed by atoms with van der Waals surface area (Å²) in [5.74, 6) is 1.42. The molecule has 0 bridgehead atoms. The summed E-state index contributed by atoms with van der Waals surface area (Å²) in [5.41, 5.74) is 2.20. The number of aromatic amines is 1. The molecule has 1 heterocycles. The van der Waals surface area contributed by atoms with Crippen LogP contribution in [0.5, 0.6) is 5.75 Å². The van der Waals surface area contributed by atoms with Crippen molar-refractivity contribution in [3.05, 3.63) is 40.2 Å². The Bertz CT molecular complexity index is 639. The van der Waals surface area contributed by atoms with Crippen LogP contribution >= 0.6 is 0 Å². The van der Waals surface area contributed by atoms with Crippen LogP contribution in [0.3, 0.4) is 0 Å². The fourth-order valence-electron chi connectivity index (χ4n) is 3.13. The van der Waals surface area contributed by atoms with Gasteiger partial charge in [0.15, 0.2) is 5.43 Å². The smallest absolute Gasteiger partial charge is 0.189 e. The number of hydrogen-bond acceptors (Lipinski definition) is 2. The zero-order chi connectivity index (χ0) is 13.2. The highest BCUT2D eigenvalue weighted by Gasteiger charge is 2.20. The normalized spacial score (nSPS) is 16.7. The average Bonchev–Trinajstić information content (AvgIpc) is 2.47. The maximum atomic E-state index is 11.9. The van der Waals surface area contributed by atoms with Crippen LogP contribution in [0, 0.1) is 0 Å². The predicted octanol–water partition coefficient (Wildman–Crippen LogP) is 3.58. The van der Waals surface area contributed by atoms with Gasteiger partial charge in [-0.3, -0.25) is 4.79 Å². The maximum Gasteiger partial charge on any atom is 0.189 e. The molecule has 1 aliphatic carbocycles. The van der Waals surface area contributed by atoms with Crippen LogP contribution in [-0.4, -0.2) is 12.1 Å². The number of ether oxygens (including phenoxy) is 1. The highest BCUT2D eigenvalue weighted by atomic mass is 16.5. The number of fused-ring (bicyclic) bond motifs is 1. The molecule has 1 fully saturated rings. The van der Waals surface area contributed by atoms with Gasteiger partial charge in [-0.1, -0.05) is 19.3 Å². The molecule has 0 atom stereocenters. The van der Waals surface area contributed by atoms with Gasteiger partial charge < -0.3 is 9.72 Å². The van der Waals surface area contributed by atoms with E-state index in [1.165, 1.54) is 37.7 Å². The van der Waals surface area contributed by atoms with E-state index in [2.05, 4.69) is 11.1 Å². The summed E-state index contributed by atoms with van der Waals surface area (Å²) in [5, 5.41) is 0.707. The van der Waals surface area contributed by atoms with Crippen LogP contribution in [0.1, 0.15) is 43.6 Å². The summed E-state index contributed by atoms with van der Waals surface area (Å²) < 4.78 is 5.51. The number of H-pyrrole nitrogens is 1. The number of rotatable bonds is 2. The summed E-state index contributed by atoms with van der Waals surface area (Å²) in [7, 11) is 1.69. The van der Waals surface area contributed by atoms with E-state index in [9.17, 15) is 4.79 Å². The van der Waals surface area contributed by atoms with Gasteiger partial charge in [-0.05, 0) is 36.5 Å². The van der Waals surface area contributed by atoms with E-state index < -0.39 is 0 Å². The molecule has 3 nitrogen and oxygen atoms in total. The molecule has 2 aromatic rings. The lowest BCUT2D eigenvalue weighted by Crippen LogP contribution is -2.08. The number of hydrogen-bond donors (Lipinski definition) is 1. The number of pyridine rings is 1. The molecule has 3 rings (SSSR count). The molecule has 1 aromatic heterocycles. The molecule has 1 aliphatic rings. The quantitative estimate of drug-likeness (QED) is 0.893. The number of methoxy groups -OCH3 is 1. The van der Waals surface area contributed by atoms with Crippen molar-refractivity contribution in [2.24, 2.45) is 0 Å². The average molecular weight is 257 g/mol. The minimum Gasteiger partial charge on any atom is -0.496 e. The Balaban J connectivity index is 2.14. The maximum absolute atomic E-state index is 11.9. The lowest BCUT2D eigenvalue weighted by Gasteiger charge is -2.24. The summed E-state index contributed by atoms with van der Waals surface area (Å²) in [6.45, 7) is 0. The predicted molar refractivity (Wildman–Crippen MR) is 76.9 cm³/mol. The molecule has 1 N–H and O–H groups in total. The van der Waals surface area contributed by atoms with E-state index in [1.54, 1.807) is 19.4 Å². The van der Waals surface area contributed by atoms with E-state index in [0.29, 0.717) is 11.3 Å². The van der Waals surface area contributed by atoms with Gasteiger partial charge in [0.25, 0.3) is 0 Å². The van der Waals surface area contributed by atoms with Gasteiger partial charge in [0.1, 0.15) is 5.75 Å². The first-order valence-corrected chi connectivity index (χ1v) is 6.99. The van der Waals surface area contributed by atoms with Gasteiger partial charge in [-0.2, -0.15) is 0 Å². The minimum absolute atomic E-state index is 0.0437.